The van der Waals surface area contributed by atoms with Crippen molar-refractivity contribution in [1.29, 1.82) is 0 Å². The van der Waals surface area contributed by atoms with Crippen molar-refractivity contribution >= 4 is 0 Å². The maximum absolute atomic E-state index is 13.5. The lowest BCUT2D eigenvalue weighted by Crippen LogP contribution is -2.55. The summed E-state index contributed by atoms with van der Waals surface area (Å²) in [5.41, 5.74) is 4.91. The van der Waals surface area contributed by atoms with E-state index in [9.17, 15) is 24.8 Å². The summed E-state index contributed by atoms with van der Waals surface area (Å²) in [4.78, 5) is 0. The van der Waals surface area contributed by atoms with Crippen molar-refractivity contribution in [2.45, 2.75) is 63.0 Å². The van der Waals surface area contributed by atoms with Gasteiger partial charge in [0.15, 0.2) is 0 Å². The van der Waals surface area contributed by atoms with E-state index < -0.39 is 42.7 Å². The average Bonchev–Trinajstić information content (AvgIpc) is 3.24. The van der Waals surface area contributed by atoms with Gasteiger partial charge in [-0.3, -0.25) is 0 Å². The van der Waals surface area contributed by atoms with Gasteiger partial charge in [-0.15, -0.1) is 0 Å². The van der Waals surface area contributed by atoms with Crippen molar-refractivity contribution in [3.8, 4) is 5.75 Å². The molecule has 8 heteroatoms. The highest BCUT2D eigenvalue weighted by molar-refractivity contribution is 5.39. The van der Waals surface area contributed by atoms with Crippen LogP contribution in [0.3, 0.4) is 0 Å². The molecule has 2 heterocycles. The first kappa shape index (κ1) is 26.7. The fourth-order valence-corrected chi connectivity index (χ4v) is 5.21. The molecule has 3 aromatic carbocycles. The number of hydrogen-bond donors (Lipinski definition) is 4. The minimum atomic E-state index is -1.42. The van der Waals surface area contributed by atoms with Gasteiger partial charge in [0.25, 0.3) is 0 Å². The van der Waals surface area contributed by atoms with Crippen molar-refractivity contribution in [2.24, 2.45) is 0 Å². The first-order chi connectivity index (χ1) is 18.2. The molecule has 1 unspecified atom stereocenters. The third kappa shape index (κ3) is 5.20. The van der Waals surface area contributed by atoms with Gasteiger partial charge < -0.3 is 34.6 Å². The lowest BCUT2D eigenvalue weighted by Gasteiger charge is -2.40. The molecule has 2 aliphatic heterocycles. The molecule has 5 rings (SSSR count). The molecule has 4 N–H and O–H groups in total. The van der Waals surface area contributed by atoms with Gasteiger partial charge in [0, 0.05) is 0 Å². The zero-order valence-corrected chi connectivity index (χ0v) is 21.4. The number of rotatable bonds is 7. The summed E-state index contributed by atoms with van der Waals surface area (Å²) in [5, 5.41) is 40.3. The standard InChI is InChI=1S/C30H33FO7/c1-17-3-6-19(29-28(35)27(34)26(33)25(14-32)38-29)12-20(17)11-18-4-8-23(9-5-18)36-16-30(2)24-10-7-22(31)13-21(24)15-37-30/h3-10,12-13,25-29,32-35H,11,14-16H2,1-2H3/t25-,26-,27+,28-,29+,30?/m1/s1. The first-order valence-corrected chi connectivity index (χ1v) is 12.7. The summed E-state index contributed by atoms with van der Waals surface area (Å²) >= 11 is 0. The van der Waals surface area contributed by atoms with E-state index in [0.29, 0.717) is 30.9 Å². The van der Waals surface area contributed by atoms with Gasteiger partial charge in [0.1, 0.15) is 54.3 Å². The summed E-state index contributed by atoms with van der Waals surface area (Å²) < 4.78 is 31.2. The molecule has 0 radical (unpaired) electrons. The van der Waals surface area contributed by atoms with Gasteiger partial charge in [-0.1, -0.05) is 36.4 Å². The van der Waals surface area contributed by atoms with Crippen molar-refractivity contribution in [1.82, 2.24) is 0 Å². The fraction of sp³-hybridized carbons (Fsp3) is 0.400. The molecule has 3 aromatic rings. The molecule has 1 saturated heterocycles. The Morgan fingerprint density at radius 2 is 1.74 bits per heavy atom. The summed E-state index contributed by atoms with van der Waals surface area (Å²) in [7, 11) is 0. The second-order valence-corrected chi connectivity index (χ2v) is 10.4. The molecule has 0 spiro atoms. The molecule has 0 saturated carbocycles. The zero-order valence-electron chi connectivity index (χ0n) is 21.4. The SMILES string of the molecule is Cc1ccc([C@@H]2O[C@H](CO)[C@@H](O)[C@H](O)[C@H]2O)cc1Cc1ccc(OCC2(C)OCc3cc(F)ccc32)cc1. The topological polar surface area (TPSA) is 109 Å². The predicted octanol–water partition coefficient (Wildman–Crippen LogP) is 3.06. The number of hydrogen-bond acceptors (Lipinski definition) is 7. The summed E-state index contributed by atoms with van der Waals surface area (Å²) in [6, 6.07) is 18.1. The second-order valence-electron chi connectivity index (χ2n) is 10.4. The molecular weight excluding hydrogens is 491 g/mol. The molecule has 1 fully saturated rings. The minimum absolute atomic E-state index is 0.276. The summed E-state index contributed by atoms with van der Waals surface area (Å²) in [6.07, 6.45) is -5.34. The Morgan fingerprint density at radius 1 is 0.974 bits per heavy atom. The van der Waals surface area contributed by atoms with Crippen LogP contribution in [0.5, 0.6) is 5.75 Å². The predicted molar refractivity (Wildman–Crippen MR) is 137 cm³/mol. The molecule has 2 aliphatic rings. The van der Waals surface area contributed by atoms with Gasteiger partial charge in [-0.05, 0) is 77.9 Å². The van der Waals surface area contributed by atoms with E-state index in [1.165, 1.54) is 12.1 Å². The largest absolute Gasteiger partial charge is 0.490 e. The van der Waals surface area contributed by atoms with Crippen molar-refractivity contribution < 1.29 is 39.0 Å². The minimum Gasteiger partial charge on any atom is -0.490 e. The van der Waals surface area contributed by atoms with Crippen LogP contribution in [0.15, 0.2) is 60.7 Å². The number of halogens is 1. The van der Waals surface area contributed by atoms with E-state index in [2.05, 4.69) is 0 Å². The van der Waals surface area contributed by atoms with Gasteiger partial charge >= 0.3 is 0 Å². The van der Waals surface area contributed by atoms with E-state index in [0.717, 1.165) is 27.8 Å². The van der Waals surface area contributed by atoms with Gasteiger partial charge in [0.2, 0.25) is 0 Å². The Bertz CT molecular complexity index is 1280. The Labute approximate surface area is 221 Å². The van der Waals surface area contributed by atoms with Crippen LogP contribution in [-0.2, 0) is 28.1 Å². The number of fused-ring (bicyclic) bond motifs is 1. The highest BCUT2D eigenvalue weighted by atomic mass is 19.1. The molecule has 38 heavy (non-hydrogen) atoms. The monoisotopic (exact) mass is 524 g/mol. The molecular formula is C30H33FO7. The van der Waals surface area contributed by atoms with Crippen LogP contribution in [0.1, 0.15) is 46.4 Å². The molecule has 0 bridgehead atoms. The van der Waals surface area contributed by atoms with Crippen LogP contribution < -0.4 is 4.74 Å². The fourth-order valence-electron chi connectivity index (χ4n) is 5.21. The molecule has 6 atom stereocenters. The van der Waals surface area contributed by atoms with Crippen LogP contribution in [0, 0.1) is 12.7 Å². The van der Waals surface area contributed by atoms with Crippen LogP contribution in [0.25, 0.3) is 0 Å². The van der Waals surface area contributed by atoms with Crippen LogP contribution in [-0.4, -0.2) is 58.1 Å². The van der Waals surface area contributed by atoms with E-state index in [-0.39, 0.29) is 5.82 Å². The molecule has 0 amide bonds. The maximum atomic E-state index is 13.5. The van der Waals surface area contributed by atoms with E-state index >= 15 is 0 Å². The number of benzene rings is 3. The van der Waals surface area contributed by atoms with Crippen LogP contribution in [0.2, 0.25) is 0 Å². The number of ether oxygens (including phenoxy) is 3. The zero-order chi connectivity index (χ0) is 27.0. The smallest absolute Gasteiger partial charge is 0.125 e. The summed E-state index contributed by atoms with van der Waals surface area (Å²) in [6.45, 7) is 4.12. The highest BCUT2D eigenvalue weighted by Crippen LogP contribution is 2.37. The molecule has 0 aliphatic carbocycles. The highest BCUT2D eigenvalue weighted by Gasteiger charge is 2.44. The van der Waals surface area contributed by atoms with Crippen LogP contribution >= 0.6 is 0 Å². The lowest BCUT2D eigenvalue weighted by atomic mass is 9.89. The molecule has 0 aromatic heterocycles. The van der Waals surface area contributed by atoms with Crippen molar-refractivity contribution in [3.63, 3.8) is 0 Å². The Morgan fingerprint density at radius 3 is 2.47 bits per heavy atom. The van der Waals surface area contributed by atoms with Crippen molar-refractivity contribution in [3.05, 3.63) is 99.9 Å². The normalized spacial score (nSPS) is 28.8. The lowest BCUT2D eigenvalue weighted by molar-refractivity contribution is -0.231. The quantitative estimate of drug-likeness (QED) is 0.376. The third-order valence-electron chi connectivity index (χ3n) is 7.61. The van der Waals surface area contributed by atoms with E-state index in [1.807, 2.05) is 56.3 Å². The first-order valence-electron chi connectivity index (χ1n) is 12.7. The summed E-state index contributed by atoms with van der Waals surface area (Å²) in [5.74, 6) is 0.419. The Hall–Kier alpha value is -2.85. The molecule has 202 valence electrons. The van der Waals surface area contributed by atoms with Gasteiger partial charge in [-0.2, -0.15) is 0 Å². The number of aliphatic hydroxyl groups is 4. The number of aryl methyl sites for hydroxylation is 1. The average molecular weight is 525 g/mol. The van der Waals surface area contributed by atoms with Gasteiger partial charge in [-0.25, -0.2) is 4.39 Å². The molecule has 7 nitrogen and oxygen atoms in total. The second kappa shape index (κ2) is 10.7. The number of aliphatic hydroxyl groups excluding tert-OH is 4. The Balaban J connectivity index is 1.26. The Kier molecular flexibility index (Phi) is 7.55. The van der Waals surface area contributed by atoms with E-state index in [4.69, 9.17) is 14.2 Å². The van der Waals surface area contributed by atoms with E-state index in [1.54, 1.807) is 6.07 Å². The third-order valence-corrected chi connectivity index (χ3v) is 7.61. The van der Waals surface area contributed by atoms with Crippen LogP contribution in [0.4, 0.5) is 4.39 Å². The van der Waals surface area contributed by atoms with Crippen molar-refractivity contribution in [2.75, 3.05) is 13.2 Å². The van der Waals surface area contributed by atoms with Gasteiger partial charge in [0.05, 0.1) is 13.2 Å². The maximum Gasteiger partial charge on any atom is 0.125 e.